The van der Waals surface area contributed by atoms with Crippen LogP contribution >= 0.6 is 0 Å². The van der Waals surface area contributed by atoms with Crippen molar-refractivity contribution < 1.29 is 9.53 Å². The lowest BCUT2D eigenvalue weighted by Gasteiger charge is -2.13. The van der Waals surface area contributed by atoms with Crippen LogP contribution in [0.15, 0.2) is 55.2 Å². The average molecular weight is 335 g/mol. The van der Waals surface area contributed by atoms with E-state index in [4.69, 9.17) is 4.74 Å². The van der Waals surface area contributed by atoms with Crippen LogP contribution in [0.4, 0.5) is 0 Å². The van der Waals surface area contributed by atoms with Crippen LogP contribution in [-0.2, 0) is 17.8 Å². The highest BCUT2D eigenvalue weighted by Crippen LogP contribution is 2.37. The maximum atomic E-state index is 12.0. The molecule has 1 aliphatic rings. The van der Waals surface area contributed by atoms with Gasteiger partial charge in [-0.15, -0.1) is 0 Å². The summed E-state index contributed by atoms with van der Waals surface area (Å²) in [5.41, 5.74) is 3.00. The molecule has 1 atom stereocenters. The van der Waals surface area contributed by atoms with Gasteiger partial charge >= 0.3 is 0 Å². The summed E-state index contributed by atoms with van der Waals surface area (Å²) in [4.78, 5) is 20.2. The normalized spacial score (nSPS) is 15.4. The molecule has 0 radical (unpaired) electrons. The van der Waals surface area contributed by atoms with Gasteiger partial charge in [0.25, 0.3) is 0 Å². The van der Waals surface area contributed by atoms with E-state index in [0.29, 0.717) is 6.54 Å². The third-order valence-corrected chi connectivity index (χ3v) is 4.07. The van der Waals surface area contributed by atoms with Crippen molar-refractivity contribution in [3.63, 3.8) is 0 Å². The van der Waals surface area contributed by atoms with Crippen LogP contribution in [0.1, 0.15) is 5.56 Å². The first-order valence-corrected chi connectivity index (χ1v) is 8.08. The minimum atomic E-state index is -0.116. The summed E-state index contributed by atoms with van der Waals surface area (Å²) in [5.74, 6) is 0.742. The zero-order valence-electron chi connectivity index (χ0n) is 13.5. The van der Waals surface area contributed by atoms with Gasteiger partial charge in [0, 0.05) is 18.2 Å². The van der Waals surface area contributed by atoms with E-state index in [2.05, 4.69) is 26.4 Å². The van der Waals surface area contributed by atoms with Crippen molar-refractivity contribution in [2.75, 3.05) is 6.54 Å². The molecule has 1 aliphatic heterocycles. The minimum Gasteiger partial charge on any atom is -0.487 e. The monoisotopic (exact) mass is 335 g/mol. The Hall–Kier alpha value is -3.22. The number of aromatic nitrogens is 4. The van der Waals surface area contributed by atoms with Crippen LogP contribution < -0.4 is 10.1 Å². The first-order valence-electron chi connectivity index (χ1n) is 8.08. The molecule has 0 aliphatic carbocycles. The van der Waals surface area contributed by atoms with Crippen LogP contribution in [0, 0.1) is 0 Å². The van der Waals surface area contributed by atoms with Crippen LogP contribution in [0.5, 0.6) is 5.75 Å². The van der Waals surface area contributed by atoms with E-state index >= 15 is 0 Å². The Morgan fingerprint density at radius 2 is 2.24 bits per heavy atom. The summed E-state index contributed by atoms with van der Waals surface area (Å²) in [5, 5.41) is 6.81. The highest BCUT2D eigenvalue weighted by molar-refractivity contribution is 5.75. The molecule has 3 heterocycles. The summed E-state index contributed by atoms with van der Waals surface area (Å²) in [7, 11) is 0. The number of amides is 1. The first kappa shape index (κ1) is 15.3. The molecule has 1 N–H and O–H groups in total. The van der Waals surface area contributed by atoms with Gasteiger partial charge in [-0.1, -0.05) is 18.2 Å². The van der Waals surface area contributed by atoms with E-state index in [1.165, 1.54) is 17.3 Å². The molecule has 25 heavy (non-hydrogen) atoms. The van der Waals surface area contributed by atoms with Gasteiger partial charge < -0.3 is 10.1 Å². The second-order valence-corrected chi connectivity index (χ2v) is 5.85. The Labute approximate surface area is 144 Å². The zero-order chi connectivity index (χ0) is 17.1. The molecule has 126 valence electrons. The molecule has 0 saturated heterocycles. The number of hydrogen-bond acceptors (Lipinski definition) is 5. The summed E-state index contributed by atoms with van der Waals surface area (Å²) in [6.45, 7) is 0.600. The molecule has 0 fully saturated rings. The molecule has 0 saturated carbocycles. The molecule has 1 amide bonds. The third kappa shape index (κ3) is 3.35. The Morgan fingerprint density at radius 3 is 3.04 bits per heavy atom. The molecule has 3 aromatic rings. The van der Waals surface area contributed by atoms with E-state index < -0.39 is 0 Å². The Balaban J connectivity index is 1.41. The molecule has 0 bridgehead atoms. The number of carbonyl (C=O) groups excluding carboxylic acids is 1. The van der Waals surface area contributed by atoms with Crippen molar-refractivity contribution in [1.82, 2.24) is 25.1 Å². The van der Waals surface area contributed by atoms with Crippen LogP contribution in [-0.4, -0.2) is 38.3 Å². The number of carbonyl (C=O) groups is 1. The largest absolute Gasteiger partial charge is 0.487 e. The van der Waals surface area contributed by atoms with Gasteiger partial charge in [-0.05, 0) is 23.8 Å². The second kappa shape index (κ2) is 6.72. The minimum absolute atomic E-state index is 0.0837. The number of pyridine rings is 1. The smallest absolute Gasteiger partial charge is 0.241 e. The van der Waals surface area contributed by atoms with Crippen molar-refractivity contribution in [3.8, 4) is 17.0 Å². The SMILES string of the molecule is O=C(Cn1cncn1)NC[C@@H]1Cc2cccc(-c3ccccn3)c2O1. The topological polar surface area (TPSA) is 81.9 Å². The lowest BCUT2D eigenvalue weighted by Crippen LogP contribution is -2.36. The van der Waals surface area contributed by atoms with Gasteiger partial charge in [-0.25, -0.2) is 9.67 Å². The van der Waals surface area contributed by atoms with Crippen LogP contribution in [0.2, 0.25) is 0 Å². The third-order valence-electron chi connectivity index (χ3n) is 4.07. The molecule has 2 aromatic heterocycles. The zero-order valence-corrected chi connectivity index (χ0v) is 13.5. The number of nitrogens with one attached hydrogen (secondary N) is 1. The van der Waals surface area contributed by atoms with Gasteiger partial charge in [-0.3, -0.25) is 9.78 Å². The number of nitrogens with zero attached hydrogens (tertiary/aromatic N) is 4. The highest BCUT2D eigenvalue weighted by atomic mass is 16.5. The Bertz CT molecular complexity index is 864. The number of para-hydroxylation sites is 1. The number of ether oxygens (including phenoxy) is 1. The Kier molecular flexibility index (Phi) is 4.12. The summed E-state index contributed by atoms with van der Waals surface area (Å²) < 4.78 is 7.57. The molecule has 4 rings (SSSR count). The van der Waals surface area contributed by atoms with Crippen molar-refractivity contribution in [3.05, 3.63) is 60.8 Å². The van der Waals surface area contributed by atoms with Crippen molar-refractivity contribution in [1.29, 1.82) is 0 Å². The standard InChI is InChI=1S/C18H17N5O2/c24-17(10-23-12-19-11-22-23)21-9-14-8-13-4-3-5-15(18(13)25-14)16-6-1-2-7-20-16/h1-7,11-12,14H,8-10H2,(H,21,24)/t14-/m0/s1. The molecule has 0 unspecified atom stereocenters. The van der Waals surface area contributed by atoms with E-state index in [0.717, 1.165) is 29.0 Å². The van der Waals surface area contributed by atoms with E-state index in [-0.39, 0.29) is 18.6 Å². The fourth-order valence-electron chi connectivity index (χ4n) is 2.92. The second-order valence-electron chi connectivity index (χ2n) is 5.85. The number of rotatable bonds is 5. The van der Waals surface area contributed by atoms with Gasteiger partial charge in [0.15, 0.2) is 0 Å². The van der Waals surface area contributed by atoms with Crippen molar-refractivity contribution in [2.24, 2.45) is 0 Å². The molecular weight excluding hydrogens is 318 g/mol. The average Bonchev–Trinajstić information content (AvgIpc) is 3.29. The van der Waals surface area contributed by atoms with Gasteiger partial charge in [0.1, 0.15) is 31.1 Å². The predicted octanol–water partition coefficient (Wildman–Crippen LogP) is 1.46. The molecule has 0 spiro atoms. The lowest BCUT2D eigenvalue weighted by molar-refractivity contribution is -0.122. The van der Waals surface area contributed by atoms with E-state index in [1.807, 2.05) is 30.3 Å². The predicted molar refractivity (Wildman–Crippen MR) is 90.8 cm³/mol. The van der Waals surface area contributed by atoms with Crippen LogP contribution in [0.25, 0.3) is 11.3 Å². The number of fused-ring (bicyclic) bond motifs is 1. The Morgan fingerprint density at radius 1 is 1.28 bits per heavy atom. The molecule has 7 heteroatoms. The summed E-state index contributed by atoms with van der Waals surface area (Å²) >= 11 is 0. The highest BCUT2D eigenvalue weighted by Gasteiger charge is 2.26. The molecular formula is C18H17N5O2. The van der Waals surface area contributed by atoms with E-state index in [1.54, 1.807) is 6.20 Å². The maximum absolute atomic E-state index is 12.0. The number of benzene rings is 1. The van der Waals surface area contributed by atoms with Gasteiger partial charge in [0.05, 0.1) is 12.2 Å². The maximum Gasteiger partial charge on any atom is 0.241 e. The van der Waals surface area contributed by atoms with Crippen molar-refractivity contribution in [2.45, 2.75) is 19.1 Å². The van der Waals surface area contributed by atoms with Gasteiger partial charge in [-0.2, -0.15) is 5.10 Å². The van der Waals surface area contributed by atoms with Crippen molar-refractivity contribution >= 4 is 5.91 Å². The quantitative estimate of drug-likeness (QED) is 0.763. The van der Waals surface area contributed by atoms with E-state index in [9.17, 15) is 4.79 Å². The summed E-state index contributed by atoms with van der Waals surface area (Å²) in [6.07, 6.45) is 5.37. The fraction of sp³-hybridized carbons (Fsp3) is 0.222. The molecule has 1 aromatic carbocycles. The van der Waals surface area contributed by atoms with Gasteiger partial charge in [0.2, 0.25) is 5.91 Å². The first-order chi connectivity index (χ1) is 12.3. The fourth-order valence-corrected chi connectivity index (χ4v) is 2.92. The molecule has 7 nitrogen and oxygen atoms in total. The lowest BCUT2D eigenvalue weighted by atomic mass is 10.0. The van der Waals surface area contributed by atoms with Crippen LogP contribution in [0.3, 0.4) is 0 Å². The number of hydrogen-bond donors (Lipinski definition) is 1. The summed E-state index contributed by atoms with van der Waals surface area (Å²) in [6, 6.07) is 11.9.